The van der Waals surface area contributed by atoms with Gasteiger partial charge in [0.05, 0.1) is 0 Å². The molecule has 1 amide bonds. The molecule has 1 aromatic carbocycles. The highest BCUT2D eigenvalue weighted by molar-refractivity contribution is 5.78. The zero-order chi connectivity index (χ0) is 17.1. The molecule has 0 spiro atoms. The molecule has 7 heteroatoms. The molecule has 1 atom stereocenters. The van der Waals surface area contributed by atoms with Crippen LogP contribution >= 0.6 is 0 Å². The number of rotatable bonds is 4. The molecular weight excluding hydrogens is 311 g/mol. The molecule has 128 valence electrons. The van der Waals surface area contributed by atoms with Crippen LogP contribution < -0.4 is 10.1 Å². The largest absolute Gasteiger partial charge is 0.481 e. The van der Waals surface area contributed by atoms with E-state index in [-0.39, 0.29) is 24.3 Å². The van der Waals surface area contributed by atoms with Crippen LogP contribution in [0.25, 0.3) is 0 Å². The Kier molecular flexibility index (Phi) is 4.80. The van der Waals surface area contributed by atoms with Crippen molar-refractivity contribution in [2.24, 2.45) is 7.05 Å². The first-order valence-electron chi connectivity index (χ1n) is 7.92. The van der Waals surface area contributed by atoms with Crippen LogP contribution in [0.4, 0.5) is 4.39 Å². The molecule has 2 heterocycles. The third kappa shape index (κ3) is 3.41. The summed E-state index contributed by atoms with van der Waals surface area (Å²) >= 11 is 0. The molecule has 24 heavy (non-hydrogen) atoms. The van der Waals surface area contributed by atoms with Gasteiger partial charge in [-0.3, -0.25) is 4.79 Å². The Bertz CT molecular complexity index is 731. The second kappa shape index (κ2) is 7.00. The number of aryl methyl sites for hydroxylation is 2. The predicted octanol–water partition coefficient (Wildman–Crippen LogP) is 1.42. The molecule has 1 aliphatic heterocycles. The molecule has 0 bridgehead atoms. The summed E-state index contributed by atoms with van der Waals surface area (Å²) in [4.78, 5) is 18.7. The topological polar surface area (TPSA) is 59.4 Å². The van der Waals surface area contributed by atoms with Crippen molar-refractivity contribution < 1.29 is 13.9 Å². The van der Waals surface area contributed by atoms with E-state index in [1.165, 1.54) is 6.07 Å². The summed E-state index contributed by atoms with van der Waals surface area (Å²) < 4.78 is 21.1. The Morgan fingerprint density at radius 3 is 3.08 bits per heavy atom. The third-order valence-corrected chi connectivity index (χ3v) is 4.16. The Balaban J connectivity index is 1.70. The highest BCUT2D eigenvalue weighted by Crippen LogP contribution is 2.22. The van der Waals surface area contributed by atoms with E-state index in [0.29, 0.717) is 19.6 Å². The van der Waals surface area contributed by atoms with Crippen LogP contribution in [-0.2, 0) is 11.8 Å². The minimum atomic E-state index is -0.464. The Labute approximate surface area is 140 Å². The van der Waals surface area contributed by atoms with E-state index in [2.05, 4.69) is 10.3 Å². The van der Waals surface area contributed by atoms with E-state index in [1.807, 2.05) is 24.7 Å². The number of hydrogen-bond acceptors (Lipinski definition) is 4. The number of hydrogen-bond donors (Lipinski definition) is 1. The quantitative estimate of drug-likeness (QED) is 0.920. The summed E-state index contributed by atoms with van der Waals surface area (Å²) in [5, 5.41) is 3.28. The third-order valence-electron chi connectivity index (χ3n) is 4.16. The van der Waals surface area contributed by atoms with Gasteiger partial charge in [0.15, 0.2) is 18.2 Å². The Morgan fingerprint density at radius 2 is 2.33 bits per heavy atom. The monoisotopic (exact) mass is 332 g/mol. The first-order chi connectivity index (χ1) is 11.6. The molecule has 1 fully saturated rings. The SMILES string of the molecule is Cc1ccc(F)c(OCC(=O)N2CCNCC2c2nccn2C)c1. The molecule has 3 rings (SSSR count). The fourth-order valence-corrected chi connectivity index (χ4v) is 2.88. The van der Waals surface area contributed by atoms with Gasteiger partial charge in [-0.15, -0.1) is 0 Å². The maximum atomic E-state index is 13.7. The lowest BCUT2D eigenvalue weighted by Gasteiger charge is -2.35. The molecule has 0 aliphatic carbocycles. The number of nitrogens with zero attached hydrogens (tertiary/aromatic N) is 3. The average Bonchev–Trinajstić information content (AvgIpc) is 3.01. The van der Waals surface area contributed by atoms with Gasteiger partial charge in [-0.1, -0.05) is 6.07 Å². The van der Waals surface area contributed by atoms with Crippen molar-refractivity contribution in [3.8, 4) is 5.75 Å². The summed E-state index contributed by atoms with van der Waals surface area (Å²) in [6.45, 7) is 3.57. The second-order valence-corrected chi connectivity index (χ2v) is 5.93. The summed E-state index contributed by atoms with van der Waals surface area (Å²) in [6, 6.07) is 4.45. The number of imidazole rings is 1. The molecule has 1 saturated heterocycles. The number of aromatic nitrogens is 2. The molecule has 1 aliphatic rings. The zero-order valence-corrected chi connectivity index (χ0v) is 13.8. The summed E-state index contributed by atoms with van der Waals surface area (Å²) in [7, 11) is 1.90. The Morgan fingerprint density at radius 1 is 1.50 bits per heavy atom. The van der Waals surface area contributed by atoms with Crippen LogP contribution in [0.5, 0.6) is 5.75 Å². The van der Waals surface area contributed by atoms with Crippen molar-refractivity contribution >= 4 is 5.91 Å². The lowest BCUT2D eigenvalue weighted by Crippen LogP contribution is -2.50. The molecular formula is C17H21FN4O2. The number of carbonyl (C=O) groups is 1. The first-order valence-corrected chi connectivity index (χ1v) is 7.92. The number of ether oxygens (including phenoxy) is 1. The molecule has 0 radical (unpaired) electrons. The van der Waals surface area contributed by atoms with E-state index in [4.69, 9.17) is 4.74 Å². The number of nitrogens with one attached hydrogen (secondary N) is 1. The molecule has 1 aromatic heterocycles. The maximum absolute atomic E-state index is 13.7. The van der Waals surface area contributed by atoms with Crippen molar-refractivity contribution in [2.75, 3.05) is 26.2 Å². The van der Waals surface area contributed by atoms with Gasteiger partial charge < -0.3 is 19.5 Å². The molecule has 2 aromatic rings. The predicted molar refractivity (Wildman–Crippen MR) is 87.2 cm³/mol. The van der Waals surface area contributed by atoms with E-state index in [9.17, 15) is 9.18 Å². The van der Waals surface area contributed by atoms with Gasteiger partial charge in [0, 0.05) is 39.1 Å². The zero-order valence-electron chi connectivity index (χ0n) is 13.8. The lowest BCUT2D eigenvalue weighted by molar-refractivity contribution is -0.137. The van der Waals surface area contributed by atoms with Gasteiger partial charge in [0.1, 0.15) is 11.9 Å². The van der Waals surface area contributed by atoms with Crippen LogP contribution in [0.3, 0.4) is 0 Å². The number of piperazine rings is 1. The van der Waals surface area contributed by atoms with Crippen LogP contribution in [0, 0.1) is 12.7 Å². The first kappa shape index (κ1) is 16.4. The molecule has 1 N–H and O–H groups in total. The van der Waals surface area contributed by atoms with Crippen molar-refractivity contribution in [3.05, 3.63) is 47.8 Å². The van der Waals surface area contributed by atoms with E-state index in [0.717, 1.165) is 11.4 Å². The van der Waals surface area contributed by atoms with Crippen molar-refractivity contribution in [1.29, 1.82) is 0 Å². The standard InChI is InChI=1S/C17H21FN4O2/c1-12-3-4-13(18)15(9-12)24-11-16(23)22-8-5-19-10-14(22)17-20-6-7-21(17)2/h3-4,6-7,9,14,19H,5,8,10-11H2,1-2H3. The van der Waals surface area contributed by atoms with E-state index in [1.54, 1.807) is 23.2 Å². The van der Waals surface area contributed by atoms with Gasteiger partial charge in [0.2, 0.25) is 0 Å². The minimum Gasteiger partial charge on any atom is -0.481 e. The van der Waals surface area contributed by atoms with Crippen LogP contribution in [-0.4, -0.2) is 46.6 Å². The number of amides is 1. The van der Waals surface area contributed by atoms with Gasteiger partial charge in [-0.25, -0.2) is 9.37 Å². The van der Waals surface area contributed by atoms with Gasteiger partial charge in [0.25, 0.3) is 5.91 Å². The fourth-order valence-electron chi connectivity index (χ4n) is 2.88. The van der Waals surface area contributed by atoms with Crippen LogP contribution in [0.1, 0.15) is 17.4 Å². The number of benzene rings is 1. The summed E-state index contributed by atoms with van der Waals surface area (Å²) in [5.74, 6) is 0.282. The summed E-state index contributed by atoms with van der Waals surface area (Å²) in [5.41, 5.74) is 0.881. The van der Waals surface area contributed by atoms with Gasteiger partial charge in [-0.2, -0.15) is 0 Å². The maximum Gasteiger partial charge on any atom is 0.261 e. The fraction of sp³-hybridized carbons (Fsp3) is 0.412. The lowest BCUT2D eigenvalue weighted by atomic mass is 10.1. The van der Waals surface area contributed by atoms with Crippen molar-refractivity contribution in [3.63, 3.8) is 0 Å². The Hall–Kier alpha value is -2.41. The van der Waals surface area contributed by atoms with Gasteiger partial charge in [-0.05, 0) is 24.6 Å². The molecule has 1 unspecified atom stereocenters. The van der Waals surface area contributed by atoms with E-state index < -0.39 is 5.82 Å². The highest BCUT2D eigenvalue weighted by atomic mass is 19.1. The van der Waals surface area contributed by atoms with Crippen LogP contribution in [0.15, 0.2) is 30.6 Å². The second-order valence-electron chi connectivity index (χ2n) is 5.93. The minimum absolute atomic E-state index is 0.104. The highest BCUT2D eigenvalue weighted by Gasteiger charge is 2.30. The van der Waals surface area contributed by atoms with Gasteiger partial charge >= 0.3 is 0 Å². The van der Waals surface area contributed by atoms with Crippen molar-refractivity contribution in [2.45, 2.75) is 13.0 Å². The van der Waals surface area contributed by atoms with Crippen LogP contribution in [0.2, 0.25) is 0 Å². The summed E-state index contributed by atoms with van der Waals surface area (Å²) in [6.07, 6.45) is 3.57. The molecule has 6 nitrogen and oxygen atoms in total. The number of carbonyl (C=O) groups excluding carboxylic acids is 1. The number of halogens is 1. The normalized spacial score (nSPS) is 17.8. The molecule has 0 saturated carbocycles. The van der Waals surface area contributed by atoms with E-state index >= 15 is 0 Å². The smallest absolute Gasteiger partial charge is 0.261 e. The van der Waals surface area contributed by atoms with Crippen molar-refractivity contribution in [1.82, 2.24) is 19.8 Å². The average molecular weight is 332 g/mol.